The van der Waals surface area contributed by atoms with Gasteiger partial charge in [0.15, 0.2) is 0 Å². The SMILES string of the molecule is NC=C(I)C=NCCCC#Cc1cccc2c1CN(C1CCC(=O)NC1=O)C2=O. The van der Waals surface area contributed by atoms with Crippen LogP contribution < -0.4 is 11.1 Å². The van der Waals surface area contributed by atoms with Crippen molar-refractivity contribution < 1.29 is 14.4 Å². The molecule has 1 fully saturated rings. The lowest BCUT2D eigenvalue weighted by Crippen LogP contribution is -2.52. The van der Waals surface area contributed by atoms with Crippen LogP contribution in [0.5, 0.6) is 0 Å². The van der Waals surface area contributed by atoms with Gasteiger partial charge in [-0.3, -0.25) is 24.7 Å². The highest BCUT2D eigenvalue weighted by molar-refractivity contribution is 14.1. The largest absolute Gasteiger partial charge is 0.404 e. The summed E-state index contributed by atoms with van der Waals surface area (Å²) in [6, 6.07) is 4.84. The molecular weight excluding hydrogens is 483 g/mol. The Kier molecular flexibility index (Phi) is 7.04. The van der Waals surface area contributed by atoms with Gasteiger partial charge in [-0.25, -0.2) is 0 Å². The summed E-state index contributed by atoms with van der Waals surface area (Å²) < 4.78 is 0.888. The number of nitrogens with one attached hydrogen (secondary N) is 1. The molecule has 1 saturated heterocycles. The van der Waals surface area contributed by atoms with Gasteiger partial charge in [-0.2, -0.15) is 0 Å². The average molecular weight is 504 g/mol. The number of fused-ring (bicyclic) bond motifs is 1. The molecule has 29 heavy (non-hydrogen) atoms. The number of benzene rings is 1. The van der Waals surface area contributed by atoms with Gasteiger partial charge in [0, 0.05) is 53.1 Å². The summed E-state index contributed by atoms with van der Waals surface area (Å²) in [5.74, 6) is 5.40. The maximum Gasteiger partial charge on any atom is 0.255 e. The number of hydrogen-bond donors (Lipinski definition) is 2. The smallest absolute Gasteiger partial charge is 0.255 e. The molecule has 0 saturated carbocycles. The van der Waals surface area contributed by atoms with Gasteiger partial charge >= 0.3 is 0 Å². The Morgan fingerprint density at radius 1 is 1.38 bits per heavy atom. The molecule has 3 N–H and O–H groups in total. The second-order valence-electron chi connectivity index (χ2n) is 6.72. The van der Waals surface area contributed by atoms with E-state index >= 15 is 0 Å². The molecule has 0 spiro atoms. The first-order valence-corrected chi connectivity index (χ1v) is 10.4. The van der Waals surface area contributed by atoms with E-state index in [4.69, 9.17) is 5.73 Å². The quantitative estimate of drug-likeness (QED) is 0.210. The summed E-state index contributed by atoms with van der Waals surface area (Å²) in [5, 5.41) is 2.32. The van der Waals surface area contributed by atoms with Crippen molar-refractivity contribution >= 4 is 46.5 Å². The Morgan fingerprint density at radius 3 is 2.97 bits per heavy atom. The molecule has 3 rings (SSSR count). The van der Waals surface area contributed by atoms with Gasteiger partial charge in [0.25, 0.3) is 5.91 Å². The van der Waals surface area contributed by atoms with E-state index in [1.54, 1.807) is 23.2 Å². The molecule has 150 valence electrons. The second-order valence-corrected chi connectivity index (χ2v) is 7.97. The first kappa shape index (κ1) is 21.0. The zero-order chi connectivity index (χ0) is 20.8. The molecule has 2 heterocycles. The standard InChI is InChI=1S/C21H21IN4O3/c22-15(11-23)12-24-10-3-1-2-5-14-6-4-7-16-17(14)13-26(21(16)29)18-8-9-19(27)25-20(18)28/h4,6-7,11-12,18H,1,3,8-10,13,23H2,(H,25,27,28). The normalized spacial score (nSPS) is 19.2. The fraction of sp³-hybridized carbons (Fsp3) is 0.333. The molecule has 0 aromatic heterocycles. The van der Waals surface area contributed by atoms with Crippen LogP contribution in [0.2, 0.25) is 0 Å². The van der Waals surface area contributed by atoms with Crippen molar-refractivity contribution in [3.8, 4) is 11.8 Å². The fourth-order valence-electron chi connectivity index (χ4n) is 3.31. The lowest BCUT2D eigenvalue weighted by atomic mass is 10.0. The number of hydrogen-bond acceptors (Lipinski definition) is 5. The van der Waals surface area contributed by atoms with Crippen molar-refractivity contribution in [3.05, 3.63) is 44.7 Å². The molecule has 0 aliphatic carbocycles. The Labute approximate surface area is 182 Å². The molecule has 2 aliphatic heterocycles. The Bertz CT molecular complexity index is 958. The minimum absolute atomic E-state index is 0.185. The van der Waals surface area contributed by atoms with Gasteiger partial charge in [0.2, 0.25) is 11.8 Å². The van der Waals surface area contributed by atoms with Gasteiger partial charge in [-0.1, -0.05) is 17.9 Å². The number of rotatable bonds is 5. The first-order valence-electron chi connectivity index (χ1n) is 9.34. The third-order valence-corrected chi connectivity index (χ3v) is 5.41. The molecule has 1 aromatic rings. The summed E-state index contributed by atoms with van der Waals surface area (Å²) in [6.45, 7) is 1.00. The predicted octanol–water partition coefficient (Wildman–Crippen LogP) is 1.89. The number of allylic oxidation sites excluding steroid dienone is 1. The summed E-state index contributed by atoms with van der Waals surface area (Å²) in [4.78, 5) is 42.1. The van der Waals surface area contributed by atoms with Crippen LogP contribution >= 0.6 is 22.6 Å². The lowest BCUT2D eigenvalue weighted by molar-refractivity contribution is -0.136. The molecule has 0 bridgehead atoms. The molecule has 8 heteroatoms. The summed E-state index contributed by atoms with van der Waals surface area (Å²) in [6.07, 6.45) is 5.34. The van der Waals surface area contributed by atoms with E-state index in [1.165, 1.54) is 6.20 Å². The Hall–Kier alpha value is -2.67. The molecule has 0 radical (unpaired) electrons. The van der Waals surface area contributed by atoms with Crippen molar-refractivity contribution in [1.82, 2.24) is 10.2 Å². The summed E-state index contributed by atoms with van der Waals surface area (Å²) in [7, 11) is 0. The van der Waals surface area contributed by atoms with Gasteiger partial charge in [0.05, 0.1) is 0 Å². The van der Waals surface area contributed by atoms with Gasteiger partial charge in [-0.15, -0.1) is 0 Å². The van der Waals surface area contributed by atoms with Gasteiger partial charge in [0.1, 0.15) is 6.04 Å². The van der Waals surface area contributed by atoms with E-state index in [9.17, 15) is 14.4 Å². The number of nitrogens with zero attached hydrogens (tertiary/aromatic N) is 2. The molecule has 1 atom stereocenters. The highest BCUT2D eigenvalue weighted by atomic mass is 127. The van der Waals surface area contributed by atoms with Crippen LogP contribution in [0.15, 0.2) is 33.0 Å². The number of aliphatic imine (C=N–C) groups is 1. The van der Waals surface area contributed by atoms with Crippen LogP contribution in [0.1, 0.15) is 47.2 Å². The highest BCUT2D eigenvalue weighted by Crippen LogP contribution is 2.29. The predicted molar refractivity (Wildman–Crippen MR) is 118 cm³/mol. The first-order chi connectivity index (χ1) is 14.0. The van der Waals surface area contributed by atoms with E-state index in [0.717, 1.165) is 21.1 Å². The number of nitrogens with two attached hydrogens (primary N) is 1. The topological polar surface area (TPSA) is 105 Å². The second kappa shape index (κ2) is 9.69. The molecule has 2 aliphatic rings. The fourth-order valence-corrected chi connectivity index (χ4v) is 3.51. The third kappa shape index (κ3) is 5.03. The van der Waals surface area contributed by atoms with Crippen molar-refractivity contribution in [3.63, 3.8) is 0 Å². The maximum absolute atomic E-state index is 12.8. The third-order valence-electron chi connectivity index (χ3n) is 4.77. The van der Waals surface area contributed by atoms with Gasteiger partial charge < -0.3 is 10.6 Å². The zero-order valence-electron chi connectivity index (χ0n) is 15.8. The monoisotopic (exact) mass is 504 g/mol. The van der Waals surface area contributed by atoms with Crippen molar-refractivity contribution in [1.29, 1.82) is 0 Å². The van der Waals surface area contributed by atoms with Crippen LogP contribution in [-0.2, 0) is 16.1 Å². The van der Waals surface area contributed by atoms with Crippen LogP contribution in [0, 0.1) is 11.8 Å². The number of carbonyl (C=O) groups excluding carboxylic acids is 3. The zero-order valence-corrected chi connectivity index (χ0v) is 17.9. The number of amides is 3. The number of carbonyl (C=O) groups is 3. The van der Waals surface area contributed by atoms with Crippen LogP contribution in [0.4, 0.5) is 0 Å². The summed E-state index contributed by atoms with van der Waals surface area (Å²) in [5.41, 5.74) is 7.60. The Morgan fingerprint density at radius 2 is 2.21 bits per heavy atom. The van der Waals surface area contributed by atoms with E-state index in [-0.39, 0.29) is 18.2 Å². The number of piperidine rings is 1. The van der Waals surface area contributed by atoms with E-state index in [2.05, 4.69) is 44.7 Å². The molecule has 1 aromatic carbocycles. The van der Waals surface area contributed by atoms with Crippen molar-refractivity contribution in [2.45, 2.75) is 38.3 Å². The average Bonchev–Trinajstić information content (AvgIpc) is 3.04. The number of halogens is 1. The lowest BCUT2D eigenvalue weighted by Gasteiger charge is -2.29. The molecule has 3 amide bonds. The van der Waals surface area contributed by atoms with Crippen molar-refractivity contribution in [2.75, 3.05) is 6.54 Å². The van der Waals surface area contributed by atoms with Gasteiger partial charge in [-0.05, 0) is 53.1 Å². The molecule has 1 unspecified atom stereocenters. The molecule has 7 nitrogen and oxygen atoms in total. The van der Waals surface area contributed by atoms with Crippen LogP contribution in [0.3, 0.4) is 0 Å². The minimum Gasteiger partial charge on any atom is -0.404 e. The van der Waals surface area contributed by atoms with Crippen LogP contribution in [0.25, 0.3) is 0 Å². The van der Waals surface area contributed by atoms with E-state index in [0.29, 0.717) is 31.5 Å². The maximum atomic E-state index is 12.8. The number of imide groups is 1. The Balaban J connectivity index is 1.65. The highest BCUT2D eigenvalue weighted by Gasteiger charge is 2.39. The molecular formula is C21H21IN4O3. The number of unbranched alkanes of at least 4 members (excludes halogenated alkanes) is 1. The van der Waals surface area contributed by atoms with E-state index < -0.39 is 11.9 Å². The minimum atomic E-state index is -0.614. The van der Waals surface area contributed by atoms with E-state index in [1.807, 2.05) is 6.07 Å². The van der Waals surface area contributed by atoms with Crippen molar-refractivity contribution in [2.24, 2.45) is 10.7 Å². The summed E-state index contributed by atoms with van der Waals surface area (Å²) >= 11 is 2.11. The van der Waals surface area contributed by atoms with Crippen LogP contribution in [-0.4, -0.2) is 41.4 Å².